The molecule has 3 rings (SSSR count). The zero-order valence-electron chi connectivity index (χ0n) is 12.1. The molecule has 1 fully saturated rings. The standard InChI is InChI=1S/C16H16N2O3S/c1-10-14(9-22-17-10)15(19)18-7-12(13(8-18)16(20)21)11-5-3-2-4-6-11/h2-6,9,12-13H,7-8H2,1H3,(H,20,21)/t12-,13-/m0/s1. The fourth-order valence-corrected chi connectivity index (χ4v) is 3.61. The summed E-state index contributed by atoms with van der Waals surface area (Å²) in [4.78, 5) is 25.8. The molecule has 0 spiro atoms. The van der Waals surface area contributed by atoms with Gasteiger partial charge in [0.05, 0.1) is 17.2 Å². The van der Waals surface area contributed by atoms with Crippen molar-refractivity contribution in [2.75, 3.05) is 13.1 Å². The van der Waals surface area contributed by atoms with Crippen molar-refractivity contribution in [2.24, 2.45) is 5.92 Å². The first-order chi connectivity index (χ1) is 10.6. The van der Waals surface area contributed by atoms with Crippen LogP contribution in [0.25, 0.3) is 0 Å². The van der Waals surface area contributed by atoms with Crippen molar-refractivity contribution in [3.05, 3.63) is 52.5 Å². The molecular weight excluding hydrogens is 300 g/mol. The molecule has 0 bridgehead atoms. The van der Waals surface area contributed by atoms with Crippen LogP contribution in [0.5, 0.6) is 0 Å². The number of aryl methyl sites for hydroxylation is 1. The summed E-state index contributed by atoms with van der Waals surface area (Å²) < 4.78 is 4.12. The Morgan fingerprint density at radius 1 is 1.27 bits per heavy atom. The Morgan fingerprint density at radius 3 is 2.59 bits per heavy atom. The molecule has 0 aliphatic carbocycles. The zero-order chi connectivity index (χ0) is 15.7. The number of amides is 1. The summed E-state index contributed by atoms with van der Waals surface area (Å²) in [5.74, 6) is -1.73. The Morgan fingerprint density at radius 2 is 2.00 bits per heavy atom. The van der Waals surface area contributed by atoms with Crippen LogP contribution in [-0.2, 0) is 4.79 Å². The summed E-state index contributed by atoms with van der Waals surface area (Å²) in [6, 6.07) is 9.53. The van der Waals surface area contributed by atoms with Gasteiger partial charge < -0.3 is 10.0 Å². The van der Waals surface area contributed by atoms with Crippen molar-refractivity contribution in [2.45, 2.75) is 12.8 Å². The van der Waals surface area contributed by atoms with Gasteiger partial charge in [-0.1, -0.05) is 30.3 Å². The highest BCUT2D eigenvalue weighted by molar-refractivity contribution is 7.03. The van der Waals surface area contributed by atoms with Crippen LogP contribution >= 0.6 is 11.5 Å². The summed E-state index contributed by atoms with van der Waals surface area (Å²) in [6.07, 6.45) is 0. The molecular formula is C16H16N2O3S. The van der Waals surface area contributed by atoms with Gasteiger partial charge in [-0.05, 0) is 24.0 Å². The molecule has 114 valence electrons. The maximum atomic E-state index is 12.6. The van der Waals surface area contributed by atoms with Gasteiger partial charge in [0, 0.05) is 24.4 Å². The SMILES string of the molecule is Cc1nscc1C(=O)N1C[C@H](C(=O)O)[C@H](c2ccccc2)C1. The lowest BCUT2D eigenvalue weighted by Crippen LogP contribution is -2.30. The molecule has 5 nitrogen and oxygen atoms in total. The average Bonchev–Trinajstić information content (AvgIpc) is 3.14. The molecule has 1 aromatic carbocycles. The molecule has 1 saturated heterocycles. The van der Waals surface area contributed by atoms with Crippen LogP contribution in [0.2, 0.25) is 0 Å². The number of carbonyl (C=O) groups is 2. The van der Waals surface area contributed by atoms with Crippen LogP contribution in [0.3, 0.4) is 0 Å². The molecule has 2 heterocycles. The second kappa shape index (κ2) is 5.88. The minimum Gasteiger partial charge on any atom is -0.481 e. The van der Waals surface area contributed by atoms with Gasteiger partial charge in [-0.3, -0.25) is 9.59 Å². The third kappa shape index (κ3) is 2.62. The number of nitrogens with zero attached hydrogens (tertiary/aromatic N) is 2. The number of likely N-dealkylation sites (tertiary alicyclic amines) is 1. The molecule has 0 unspecified atom stereocenters. The number of carboxylic acids is 1. The summed E-state index contributed by atoms with van der Waals surface area (Å²) in [7, 11) is 0. The van der Waals surface area contributed by atoms with Gasteiger partial charge in [0.1, 0.15) is 0 Å². The smallest absolute Gasteiger partial charge is 0.308 e. The highest BCUT2D eigenvalue weighted by Gasteiger charge is 2.40. The minimum absolute atomic E-state index is 0.129. The second-order valence-corrected chi connectivity index (χ2v) is 6.11. The summed E-state index contributed by atoms with van der Waals surface area (Å²) in [5, 5.41) is 11.2. The Kier molecular flexibility index (Phi) is 3.94. The molecule has 6 heteroatoms. The summed E-state index contributed by atoms with van der Waals surface area (Å²) >= 11 is 1.24. The third-order valence-corrected chi connectivity index (χ3v) is 4.85. The van der Waals surface area contributed by atoms with Gasteiger partial charge in [-0.2, -0.15) is 4.37 Å². The average molecular weight is 316 g/mol. The number of carbonyl (C=O) groups excluding carboxylic acids is 1. The van der Waals surface area contributed by atoms with Crippen LogP contribution in [-0.4, -0.2) is 39.3 Å². The number of aliphatic carboxylic acids is 1. The number of carboxylic acid groups (broad SMARTS) is 1. The molecule has 1 aliphatic heterocycles. The van der Waals surface area contributed by atoms with Crippen molar-refractivity contribution in [3.63, 3.8) is 0 Å². The van der Waals surface area contributed by atoms with E-state index in [4.69, 9.17) is 0 Å². The molecule has 22 heavy (non-hydrogen) atoms. The van der Waals surface area contributed by atoms with Crippen molar-refractivity contribution in [1.82, 2.24) is 9.27 Å². The largest absolute Gasteiger partial charge is 0.481 e. The van der Waals surface area contributed by atoms with Gasteiger partial charge in [0.25, 0.3) is 5.91 Å². The van der Waals surface area contributed by atoms with E-state index < -0.39 is 11.9 Å². The number of hydrogen-bond acceptors (Lipinski definition) is 4. The number of rotatable bonds is 3. The van der Waals surface area contributed by atoms with Crippen LogP contribution in [0.1, 0.15) is 27.5 Å². The Labute approximate surface area is 132 Å². The zero-order valence-corrected chi connectivity index (χ0v) is 12.9. The van der Waals surface area contributed by atoms with Crippen LogP contribution in [0.4, 0.5) is 0 Å². The van der Waals surface area contributed by atoms with Crippen molar-refractivity contribution < 1.29 is 14.7 Å². The first-order valence-electron chi connectivity index (χ1n) is 7.06. The maximum absolute atomic E-state index is 12.6. The molecule has 2 aromatic rings. The highest BCUT2D eigenvalue weighted by Crippen LogP contribution is 2.33. The second-order valence-electron chi connectivity index (χ2n) is 5.49. The van der Waals surface area contributed by atoms with Crippen LogP contribution < -0.4 is 0 Å². The molecule has 1 aromatic heterocycles. The molecule has 0 saturated carbocycles. The number of benzene rings is 1. The third-order valence-electron chi connectivity index (χ3n) is 4.13. The molecule has 1 N–H and O–H groups in total. The normalized spacial score (nSPS) is 21.0. The maximum Gasteiger partial charge on any atom is 0.308 e. The highest BCUT2D eigenvalue weighted by atomic mass is 32.1. The van der Waals surface area contributed by atoms with E-state index >= 15 is 0 Å². The van der Waals surface area contributed by atoms with Crippen molar-refractivity contribution >= 4 is 23.4 Å². The van der Waals surface area contributed by atoms with Crippen LogP contribution in [0, 0.1) is 12.8 Å². The van der Waals surface area contributed by atoms with E-state index in [-0.39, 0.29) is 18.4 Å². The Hall–Kier alpha value is -2.21. The fraction of sp³-hybridized carbons (Fsp3) is 0.312. The monoisotopic (exact) mass is 316 g/mol. The van der Waals surface area contributed by atoms with Crippen molar-refractivity contribution in [1.29, 1.82) is 0 Å². The first-order valence-corrected chi connectivity index (χ1v) is 7.89. The van der Waals surface area contributed by atoms with E-state index in [1.165, 1.54) is 11.5 Å². The molecule has 1 aliphatic rings. The van der Waals surface area contributed by atoms with E-state index in [1.54, 1.807) is 17.2 Å². The predicted molar refractivity (Wildman–Crippen MR) is 83.1 cm³/mol. The van der Waals surface area contributed by atoms with Gasteiger partial charge in [0.15, 0.2) is 0 Å². The summed E-state index contributed by atoms with van der Waals surface area (Å²) in [6.45, 7) is 2.46. The number of hydrogen-bond donors (Lipinski definition) is 1. The van der Waals surface area contributed by atoms with Gasteiger partial charge in [-0.25, -0.2) is 0 Å². The Balaban J connectivity index is 1.86. The molecule has 1 amide bonds. The quantitative estimate of drug-likeness (QED) is 0.944. The van der Waals surface area contributed by atoms with Gasteiger partial charge >= 0.3 is 5.97 Å². The van der Waals surface area contributed by atoms with Gasteiger partial charge in [-0.15, -0.1) is 0 Å². The van der Waals surface area contributed by atoms with E-state index in [0.29, 0.717) is 17.8 Å². The number of aromatic nitrogens is 1. The van der Waals surface area contributed by atoms with Gasteiger partial charge in [0.2, 0.25) is 0 Å². The first kappa shape index (κ1) is 14.7. The predicted octanol–water partition coefficient (Wildman–Crippen LogP) is 2.39. The summed E-state index contributed by atoms with van der Waals surface area (Å²) in [5.41, 5.74) is 2.23. The van der Waals surface area contributed by atoms with E-state index in [9.17, 15) is 14.7 Å². The lowest BCUT2D eigenvalue weighted by Gasteiger charge is -2.16. The molecule has 2 atom stereocenters. The van der Waals surface area contributed by atoms with Crippen LogP contribution in [0.15, 0.2) is 35.7 Å². The lowest BCUT2D eigenvalue weighted by molar-refractivity contribution is -0.141. The van der Waals surface area contributed by atoms with E-state index in [0.717, 1.165) is 5.56 Å². The minimum atomic E-state index is -0.857. The fourth-order valence-electron chi connectivity index (χ4n) is 2.93. The van der Waals surface area contributed by atoms with E-state index in [1.807, 2.05) is 30.3 Å². The lowest BCUT2D eigenvalue weighted by atomic mass is 9.89. The van der Waals surface area contributed by atoms with Crippen molar-refractivity contribution in [3.8, 4) is 0 Å². The molecule has 0 radical (unpaired) electrons. The topological polar surface area (TPSA) is 70.5 Å². The Bertz CT molecular complexity index is 698. The van der Waals surface area contributed by atoms with E-state index in [2.05, 4.69) is 4.37 Å².